The Labute approximate surface area is 244 Å². The number of hydrogen-bond acceptors (Lipinski definition) is 4. The molecule has 8 heteroatoms. The van der Waals surface area contributed by atoms with Crippen molar-refractivity contribution in [1.29, 1.82) is 0 Å². The van der Waals surface area contributed by atoms with Crippen molar-refractivity contribution < 1.29 is 60.7 Å². The van der Waals surface area contributed by atoms with E-state index in [9.17, 15) is 14.4 Å². The Morgan fingerprint density at radius 3 is 1.31 bits per heavy atom. The van der Waals surface area contributed by atoms with Crippen LogP contribution in [0.5, 0.6) is 0 Å². The first-order chi connectivity index (χ1) is 16.8. The van der Waals surface area contributed by atoms with E-state index < -0.39 is 23.9 Å². The number of carboxylic acids is 3. The topological polar surface area (TPSA) is 124 Å². The summed E-state index contributed by atoms with van der Waals surface area (Å²) in [5.74, 6) is -2.59. The van der Waals surface area contributed by atoms with Gasteiger partial charge in [0.15, 0.2) is 0 Å². The van der Waals surface area contributed by atoms with Crippen LogP contribution in [0.25, 0.3) is 0 Å². The monoisotopic (exact) mass is 525 g/mol. The van der Waals surface area contributed by atoms with Crippen LogP contribution >= 0.6 is 0 Å². The van der Waals surface area contributed by atoms with Crippen molar-refractivity contribution in [2.24, 2.45) is 0 Å². The van der Waals surface area contributed by atoms with Gasteiger partial charge in [-0.2, -0.15) is 0 Å². The smallest absolute Gasteiger partial charge is 1.00 e. The third kappa shape index (κ3) is 35.5. The van der Waals surface area contributed by atoms with E-state index in [1.54, 1.807) is 0 Å². The molecule has 0 fully saturated rings. The number of hydrogen-bond donors (Lipinski definition) is 4. The van der Waals surface area contributed by atoms with Crippen LogP contribution < -0.4 is 34.9 Å². The average Bonchev–Trinajstić information content (AvgIpc) is 2.81. The number of nitrogens with one attached hydrogen (secondary N) is 1. The predicted octanol–water partition coefficient (Wildman–Crippen LogP) is 4.53. The Balaban J connectivity index is -0.000000289. The van der Waals surface area contributed by atoms with Crippen molar-refractivity contribution in [3.05, 3.63) is 0 Å². The van der Waals surface area contributed by atoms with E-state index in [-0.39, 0.29) is 43.8 Å². The molecule has 0 heterocycles. The van der Waals surface area contributed by atoms with Crippen molar-refractivity contribution >= 4 is 17.9 Å². The molecular weight excluding hydrogens is 469 g/mol. The first-order valence-electron chi connectivity index (χ1n) is 14.2. The molecule has 0 spiro atoms. The summed E-state index contributed by atoms with van der Waals surface area (Å²) in [6.07, 6.45) is 23.3. The van der Waals surface area contributed by atoms with Crippen molar-refractivity contribution in [2.45, 2.75) is 155 Å². The molecule has 0 aliphatic heterocycles. The zero-order valence-electron chi connectivity index (χ0n) is 24.7. The van der Waals surface area contributed by atoms with Gasteiger partial charge in [0.05, 0.1) is 0 Å². The second-order valence-corrected chi connectivity index (χ2v) is 9.58. The minimum atomic E-state index is -0.979. The van der Waals surface area contributed by atoms with Gasteiger partial charge in [0.2, 0.25) is 0 Å². The molecule has 210 valence electrons. The van der Waals surface area contributed by atoms with Gasteiger partial charge in [-0.15, -0.1) is 0 Å². The molecular formula is C28H56NNaO6. The summed E-state index contributed by atoms with van der Waals surface area (Å²) < 4.78 is 0. The minimum Gasteiger partial charge on any atom is -1.00 e. The van der Waals surface area contributed by atoms with Gasteiger partial charge in [-0.05, 0) is 25.8 Å². The number of aliphatic carboxylic acids is 3. The Hall–Kier alpha value is -0.630. The van der Waals surface area contributed by atoms with Crippen LogP contribution in [0.15, 0.2) is 0 Å². The number of unbranched alkanes of at least 4 members (excludes halogenated alkanes) is 16. The molecule has 0 bridgehead atoms. The molecule has 4 N–H and O–H groups in total. The number of rotatable bonds is 25. The molecule has 0 aromatic heterocycles. The Morgan fingerprint density at radius 2 is 0.944 bits per heavy atom. The molecule has 0 saturated carbocycles. The van der Waals surface area contributed by atoms with E-state index in [2.05, 4.69) is 19.2 Å². The van der Waals surface area contributed by atoms with E-state index in [0.717, 1.165) is 32.1 Å². The molecule has 0 rings (SSSR count). The molecule has 0 amide bonds. The maximum absolute atomic E-state index is 10.7. The van der Waals surface area contributed by atoms with Crippen LogP contribution in [0, 0.1) is 0 Å². The zero-order chi connectivity index (χ0) is 26.6. The second kappa shape index (κ2) is 32.4. The molecule has 0 aromatic carbocycles. The molecule has 0 saturated heterocycles. The SMILES string of the molecule is CCCCCCCCCCCCCCCCCC(=O)O.CCCCCNC(CCC(=O)O)C(=O)O.[H-].[Na+]. The van der Waals surface area contributed by atoms with Crippen molar-refractivity contribution in [3.8, 4) is 0 Å². The summed E-state index contributed by atoms with van der Waals surface area (Å²) in [5, 5.41) is 28.6. The van der Waals surface area contributed by atoms with E-state index in [4.69, 9.17) is 15.3 Å². The maximum Gasteiger partial charge on any atom is 1.00 e. The summed E-state index contributed by atoms with van der Waals surface area (Å²) in [6.45, 7) is 4.97. The van der Waals surface area contributed by atoms with Crippen LogP contribution in [-0.4, -0.2) is 45.8 Å². The first kappa shape index (κ1) is 39.9. The van der Waals surface area contributed by atoms with Crippen molar-refractivity contribution in [2.75, 3.05) is 6.54 Å². The Kier molecular flexibility index (Phi) is 35.9. The van der Waals surface area contributed by atoms with E-state index in [1.807, 2.05) is 0 Å². The van der Waals surface area contributed by atoms with E-state index >= 15 is 0 Å². The fourth-order valence-corrected chi connectivity index (χ4v) is 3.88. The fraction of sp³-hybridized carbons (Fsp3) is 0.893. The summed E-state index contributed by atoms with van der Waals surface area (Å²) in [7, 11) is 0. The number of carboxylic acid groups (broad SMARTS) is 3. The molecule has 1 unspecified atom stereocenters. The van der Waals surface area contributed by atoms with Gasteiger partial charge in [-0.1, -0.05) is 117 Å². The predicted molar refractivity (Wildman–Crippen MR) is 144 cm³/mol. The minimum absolute atomic E-state index is 0. The van der Waals surface area contributed by atoms with Gasteiger partial charge in [0.1, 0.15) is 6.04 Å². The van der Waals surface area contributed by atoms with Crippen molar-refractivity contribution in [3.63, 3.8) is 0 Å². The summed E-state index contributed by atoms with van der Waals surface area (Å²) in [6, 6.07) is -0.738. The molecule has 7 nitrogen and oxygen atoms in total. The molecule has 1 atom stereocenters. The molecule has 0 aromatic rings. The third-order valence-electron chi connectivity index (χ3n) is 6.11. The van der Waals surface area contributed by atoms with Gasteiger partial charge in [0.25, 0.3) is 0 Å². The molecule has 0 aliphatic rings. The van der Waals surface area contributed by atoms with Gasteiger partial charge < -0.3 is 22.1 Å². The van der Waals surface area contributed by atoms with Crippen molar-refractivity contribution in [1.82, 2.24) is 5.32 Å². The summed E-state index contributed by atoms with van der Waals surface area (Å²) >= 11 is 0. The fourth-order valence-electron chi connectivity index (χ4n) is 3.88. The van der Waals surface area contributed by atoms with Crippen LogP contribution in [0.1, 0.15) is 150 Å². The van der Waals surface area contributed by atoms with Gasteiger partial charge in [-0.25, -0.2) is 0 Å². The van der Waals surface area contributed by atoms with Gasteiger partial charge in [0, 0.05) is 12.8 Å². The standard InChI is InChI=1S/C18H36O2.C10H19NO4.Na.H/c1-2-3-4-5-6-7-8-9-10-11-12-13-14-15-16-17-18(19)20;1-2-3-4-7-11-8(10(14)15)5-6-9(12)13;;/h2-17H2,1H3,(H,19,20);8,11H,2-7H2,1H3,(H,12,13)(H,14,15);;/q;;+1;-1. The van der Waals surface area contributed by atoms with Crippen LogP contribution in [0.3, 0.4) is 0 Å². The van der Waals surface area contributed by atoms with Crippen LogP contribution in [0.4, 0.5) is 0 Å². The summed E-state index contributed by atoms with van der Waals surface area (Å²) in [5.41, 5.74) is 0. The maximum atomic E-state index is 10.7. The Morgan fingerprint density at radius 1 is 0.583 bits per heavy atom. The quantitative estimate of drug-likeness (QED) is 0.102. The summed E-state index contributed by atoms with van der Waals surface area (Å²) in [4.78, 5) is 31.3. The van der Waals surface area contributed by atoms with Crippen LogP contribution in [-0.2, 0) is 14.4 Å². The van der Waals surface area contributed by atoms with Gasteiger partial charge in [-0.3, -0.25) is 14.4 Å². The third-order valence-corrected chi connectivity index (χ3v) is 6.11. The number of carbonyl (C=O) groups is 3. The average molecular weight is 526 g/mol. The second-order valence-electron chi connectivity index (χ2n) is 9.58. The van der Waals surface area contributed by atoms with E-state index in [1.165, 1.54) is 83.5 Å². The molecule has 36 heavy (non-hydrogen) atoms. The van der Waals surface area contributed by atoms with E-state index in [0.29, 0.717) is 13.0 Å². The zero-order valence-corrected chi connectivity index (χ0v) is 25.7. The molecule has 0 aliphatic carbocycles. The first-order valence-corrected chi connectivity index (χ1v) is 14.2. The Bertz CT molecular complexity index is 511. The molecule has 0 radical (unpaired) electrons. The normalized spacial score (nSPS) is 11.2. The van der Waals surface area contributed by atoms with Crippen LogP contribution in [0.2, 0.25) is 0 Å². The van der Waals surface area contributed by atoms with Gasteiger partial charge >= 0.3 is 47.5 Å². The largest absolute Gasteiger partial charge is 1.00 e.